The fourth-order valence-electron chi connectivity index (χ4n) is 4.32. The maximum atomic E-state index is 7.42. The third-order valence-corrected chi connectivity index (χ3v) is 6.05. The minimum absolute atomic E-state index is 0.0814. The average Bonchev–Trinajstić information content (AvgIpc) is 3.36. The monoisotopic (exact) mass is 399 g/mol. The molecule has 4 rings (SSSR count). The lowest BCUT2D eigenvalue weighted by Gasteiger charge is -2.30. The number of nitrogen functional groups attached to an aromatic ring is 1. The summed E-state index contributed by atoms with van der Waals surface area (Å²) in [7, 11) is 1.63. The maximum Gasteiger partial charge on any atom is 0.324 e. The van der Waals surface area contributed by atoms with Crippen LogP contribution >= 0.6 is 0 Å². The lowest BCUT2D eigenvalue weighted by atomic mass is 9.90. The van der Waals surface area contributed by atoms with Gasteiger partial charge in [0, 0.05) is 25.8 Å². The first-order valence-electron chi connectivity index (χ1n) is 10.3. The van der Waals surface area contributed by atoms with Gasteiger partial charge in [0.15, 0.2) is 5.82 Å². The van der Waals surface area contributed by atoms with E-state index in [-0.39, 0.29) is 5.84 Å². The number of methoxy groups -OCH3 is 1. The molecule has 2 fully saturated rings. The molecule has 1 aliphatic carbocycles. The Bertz CT molecular complexity index is 814. The number of amidine groups is 1. The van der Waals surface area contributed by atoms with E-state index in [4.69, 9.17) is 25.1 Å². The third-order valence-electron chi connectivity index (χ3n) is 6.05. The van der Waals surface area contributed by atoms with Gasteiger partial charge in [-0.2, -0.15) is 4.98 Å². The van der Waals surface area contributed by atoms with Crippen molar-refractivity contribution in [2.45, 2.75) is 32.3 Å². The number of nitrogens with two attached hydrogens (primary N) is 1. The van der Waals surface area contributed by atoms with Crippen molar-refractivity contribution < 1.29 is 14.0 Å². The van der Waals surface area contributed by atoms with E-state index < -0.39 is 0 Å². The molecule has 29 heavy (non-hydrogen) atoms. The van der Waals surface area contributed by atoms with Crippen LogP contribution in [0.15, 0.2) is 28.8 Å². The van der Waals surface area contributed by atoms with Gasteiger partial charge in [-0.15, -0.1) is 0 Å². The van der Waals surface area contributed by atoms with E-state index in [9.17, 15) is 0 Å². The van der Waals surface area contributed by atoms with Crippen molar-refractivity contribution in [1.82, 2.24) is 10.1 Å². The van der Waals surface area contributed by atoms with Crippen LogP contribution in [0.5, 0.6) is 5.75 Å². The molecule has 2 unspecified atom stereocenters. The molecule has 1 saturated carbocycles. The van der Waals surface area contributed by atoms with Crippen molar-refractivity contribution in [3.8, 4) is 5.75 Å². The van der Waals surface area contributed by atoms with Crippen LogP contribution in [0.1, 0.15) is 37.1 Å². The molecule has 0 amide bonds. The first-order valence-corrected chi connectivity index (χ1v) is 10.3. The van der Waals surface area contributed by atoms with E-state index >= 15 is 0 Å². The second kappa shape index (κ2) is 8.82. The van der Waals surface area contributed by atoms with Gasteiger partial charge in [0.05, 0.1) is 6.61 Å². The normalized spacial score (nSPS) is 21.9. The highest BCUT2D eigenvalue weighted by Gasteiger charge is 2.43. The summed E-state index contributed by atoms with van der Waals surface area (Å²) in [4.78, 5) is 6.58. The second-order valence-corrected chi connectivity index (χ2v) is 7.99. The van der Waals surface area contributed by atoms with E-state index in [0.717, 1.165) is 55.2 Å². The molecule has 8 nitrogen and oxygen atoms in total. The minimum Gasteiger partial charge on any atom is -0.494 e. The van der Waals surface area contributed by atoms with Crippen LogP contribution in [0, 0.1) is 23.2 Å². The molecule has 1 saturated heterocycles. The average molecular weight is 399 g/mol. The molecule has 0 bridgehead atoms. The van der Waals surface area contributed by atoms with E-state index in [2.05, 4.69) is 15.0 Å². The van der Waals surface area contributed by atoms with Gasteiger partial charge in [-0.1, -0.05) is 5.16 Å². The summed E-state index contributed by atoms with van der Waals surface area (Å²) in [6.45, 7) is 3.07. The summed E-state index contributed by atoms with van der Waals surface area (Å²) in [5.74, 6) is 3.91. The molecule has 3 N–H and O–H groups in total. The molecule has 0 radical (unpaired) electrons. The van der Waals surface area contributed by atoms with E-state index in [1.807, 2.05) is 24.3 Å². The molecule has 2 aliphatic rings. The maximum absolute atomic E-state index is 7.42. The SMILES string of the molecule is COCc1noc(N2CCC(C3CC3CCOc3ccc(C(=N)N)cc3)CC2)n1. The molecule has 2 aromatic rings. The molecule has 1 aromatic carbocycles. The van der Waals surface area contributed by atoms with Gasteiger partial charge in [0.1, 0.15) is 18.2 Å². The van der Waals surface area contributed by atoms with E-state index in [1.54, 1.807) is 7.11 Å². The fourth-order valence-corrected chi connectivity index (χ4v) is 4.32. The van der Waals surface area contributed by atoms with Crippen LogP contribution in [0.2, 0.25) is 0 Å². The smallest absolute Gasteiger partial charge is 0.324 e. The molecule has 1 aromatic heterocycles. The lowest BCUT2D eigenvalue weighted by molar-refractivity contribution is 0.174. The Morgan fingerprint density at radius 3 is 2.72 bits per heavy atom. The number of hydrogen-bond donors (Lipinski definition) is 2. The summed E-state index contributed by atoms with van der Waals surface area (Å²) in [5, 5.41) is 11.4. The van der Waals surface area contributed by atoms with Gasteiger partial charge < -0.3 is 24.6 Å². The van der Waals surface area contributed by atoms with Crippen molar-refractivity contribution in [3.63, 3.8) is 0 Å². The Morgan fingerprint density at radius 2 is 2.03 bits per heavy atom. The highest BCUT2D eigenvalue weighted by atomic mass is 16.5. The zero-order valence-corrected chi connectivity index (χ0v) is 16.8. The Morgan fingerprint density at radius 1 is 1.28 bits per heavy atom. The summed E-state index contributed by atoms with van der Waals surface area (Å²) in [5.41, 5.74) is 6.20. The summed E-state index contributed by atoms with van der Waals surface area (Å²) < 4.78 is 16.3. The molecule has 156 valence electrons. The molecular formula is C21H29N5O3. The van der Waals surface area contributed by atoms with E-state index in [1.165, 1.54) is 19.3 Å². The summed E-state index contributed by atoms with van der Waals surface area (Å²) in [6.07, 6.45) is 4.77. The molecular weight excluding hydrogens is 370 g/mol. The van der Waals surface area contributed by atoms with Crippen molar-refractivity contribution in [1.29, 1.82) is 5.41 Å². The number of benzene rings is 1. The van der Waals surface area contributed by atoms with Crippen LogP contribution in [-0.2, 0) is 11.3 Å². The predicted molar refractivity (Wildman–Crippen MR) is 109 cm³/mol. The second-order valence-electron chi connectivity index (χ2n) is 7.99. The lowest BCUT2D eigenvalue weighted by Crippen LogP contribution is -2.34. The molecule has 8 heteroatoms. The van der Waals surface area contributed by atoms with Crippen molar-refractivity contribution >= 4 is 11.9 Å². The van der Waals surface area contributed by atoms with Crippen LogP contribution in [0.25, 0.3) is 0 Å². The van der Waals surface area contributed by atoms with Gasteiger partial charge >= 0.3 is 6.01 Å². The number of rotatable bonds is 9. The Kier molecular flexibility index (Phi) is 5.99. The van der Waals surface area contributed by atoms with Gasteiger partial charge in [0.25, 0.3) is 0 Å². The van der Waals surface area contributed by atoms with Crippen LogP contribution in [-0.4, -0.2) is 42.8 Å². The minimum atomic E-state index is 0.0814. The highest BCUT2D eigenvalue weighted by Crippen LogP contribution is 2.49. The van der Waals surface area contributed by atoms with Gasteiger partial charge in [0.2, 0.25) is 0 Å². The Hall–Kier alpha value is -2.61. The largest absolute Gasteiger partial charge is 0.494 e. The zero-order valence-electron chi connectivity index (χ0n) is 16.8. The molecule has 1 aliphatic heterocycles. The third kappa shape index (κ3) is 4.87. The van der Waals surface area contributed by atoms with Gasteiger partial charge in [-0.25, -0.2) is 0 Å². The molecule has 0 spiro atoms. The molecule has 2 atom stereocenters. The number of nitrogens with zero attached hydrogens (tertiary/aromatic N) is 3. The topological polar surface area (TPSA) is 110 Å². The van der Waals surface area contributed by atoms with Crippen LogP contribution in [0.3, 0.4) is 0 Å². The first-order chi connectivity index (χ1) is 14.1. The number of hydrogen-bond acceptors (Lipinski definition) is 7. The van der Waals surface area contributed by atoms with E-state index in [0.29, 0.717) is 18.4 Å². The quantitative estimate of drug-likeness (QED) is 0.493. The van der Waals surface area contributed by atoms with Crippen molar-refractivity contribution in [2.24, 2.45) is 23.5 Å². The Labute approximate surface area is 170 Å². The standard InChI is InChI=1S/C21H29N5O3/c1-27-13-19-24-21(29-25-19)26-9-6-14(7-10-26)18-12-16(18)8-11-28-17-4-2-15(3-5-17)20(22)23/h2-5,14,16,18H,6-13H2,1H3,(H3,22,23). The number of anilines is 1. The predicted octanol–water partition coefficient (Wildman–Crippen LogP) is 2.82. The summed E-state index contributed by atoms with van der Waals surface area (Å²) >= 11 is 0. The molecule has 2 heterocycles. The van der Waals surface area contributed by atoms with Crippen LogP contribution in [0.4, 0.5) is 6.01 Å². The number of aromatic nitrogens is 2. The van der Waals surface area contributed by atoms with Gasteiger partial charge in [-0.05, 0) is 67.7 Å². The fraction of sp³-hybridized carbons (Fsp3) is 0.571. The number of nitrogens with one attached hydrogen (secondary N) is 1. The van der Waals surface area contributed by atoms with Gasteiger partial charge in [-0.3, -0.25) is 5.41 Å². The first kappa shape index (κ1) is 19.7. The number of piperidine rings is 1. The summed E-state index contributed by atoms with van der Waals surface area (Å²) in [6, 6.07) is 8.03. The zero-order chi connectivity index (χ0) is 20.2. The van der Waals surface area contributed by atoms with Crippen LogP contribution < -0.4 is 15.4 Å². The number of ether oxygens (including phenoxy) is 2. The Balaban J connectivity index is 1.16. The van der Waals surface area contributed by atoms with Crippen molar-refractivity contribution in [2.75, 3.05) is 31.7 Å². The highest BCUT2D eigenvalue weighted by molar-refractivity contribution is 5.94. The van der Waals surface area contributed by atoms with Crippen molar-refractivity contribution in [3.05, 3.63) is 35.7 Å².